The van der Waals surface area contributed by atoms with Crippen LogP contribution >= 0.6 is 0 Å². The molecule has 1 N–H and O–H groups in total. The van der Waals surface area contributed by atoms with Gasteiger partial charge in [0.1, 0.15) is 0 Å². The minimum Gasteiger partial charge on any atom is -0.279 e. The molecule has 1 aromatic rings. The monoisotopic (exact) mass is 272 g/mol. The molecule has 2 nitrogen and oxygen atoms in total. The van der Waals surface area contributed by atoms with Gasteiger partial charge in [-0.3, -0.25) is 5.43 Å². The van der Waals surface area contributed by atoms with E-state index in [0.717, 1.165) is 5.69 Å². The van der Waals surface area contributed by atoms with Crippen LogP contribution in [0.2, 0.25) is 0 Å². The largest absolute Gasteiger partial charge is 0.279 e. The number of nitrogens with zero attached hydrogens (tertiary/aromatic N) is 1. The van der Waals surface area contributed by atoms with Crippen molar-refractivity contribution >= 4 is 11.4 Å². The molecule has 0 saturated heterocycles. The Labute approximate surface area is 123 Å². The highest BCUT2D eigenvalue weighted by Crippen LogP contribution is 2.16. The minimum atomic E-state index is 1.09. The number of para-hydroxylation sites is 1. The molecule has 1 aromatic carbocycles. The summed E-state index contributed by atoms with van der Waals surface area (Å²) in [5, 5.41) is 4.65. The highest BCUT2D eigenvalue weighted by molar-refractivity contribution is 5.85. The zero-order chi connectivity index (χ0) is 13.9. The predicted octanol–water partition coefficient (Wildman–Crippen LogP) is 5.76. The number of anilines is 1. The van der Waals surface area contributed by atoms with E-state index < -0.39 is 0 Å². The van der Waals surface area contributed by atoms with Crippen LogP contribution in [0.25, 0.3) is 0 Å². The predicted molar refractivity (Wildman–Crippen MR) is 88.3 cm³/mol. The highest BCUT2D eigenvalue weighted by atomic mass is 15.3. The molecule has 20 heavy (non-hydrogen) atoms. The van der Waals surface area contributed by atoms with Gasteiger partial charge in [0.15, 0.2) is 0 Å². The van der Waals surface area contributed by atoms with Crippen molar-refractivity contribution in [2.24, 2.45) is 5.10 Å². The van der Waals surface area contributed by atoms with Crippen molar-refractivity contribution in [1.82, 2.24) is 0 Å². The zero-order valence-electron chi connectivity index (χ0n) is 12.6. The molecule has 1 aliphatic carbocycles. The number of hydrazone groups is 1. The first-order chi connectivity index (χ1) is 9.95. The van der Waals surface area contributed by atoms with Crippen LogP contribution in [0.5, 0.6) is 0 Å². The second-order valence-electron chi connectivity index (χ2n) is 5.84. The second kappa shape index (κ2) is 9.57. The van der Waals surface area contributed by atoms with Crippen LogP contribution in [0.4, 0.5) is 5.69 Å². The van der Waals surface area contributed by atoms with Gasteiger partial charge >= 0.3 is 0 Å². The van der Waals surface area contributed by atoms with Crippen molar-refractivity contribution in [3.8, 4) is 0 Å². The average molecular weight is 272 g/mol. The summed E-state index contributed by atoms with van der Waals surface area (Å²) in [6.45, 7) is 0. The molecule has 0 bridgehead atoms. The Morgan fingerprint density at radius 3 is 1.70 bits per heavy atom. The maximum Gasteiger partial charge on any atom is 0.0561 e. The fourth-order valence-corrected chi connectivity index (χ4v) is 2.79. The van der Waals surface area contributed by atoms with Gasteiger partial charge in [0.25, 0.3) is 0 Å². The molecule has 0 unspecified atom stereocenters. The van der Waals surface area contributed by atoms with Crippen LogP contribution in [0.15, 0.2) is 35.4 Å². The van der Waals surface area contributed by atoms with Crippen LogP contribution in [-0.2, 0) is 0 Å². The van der Waals surface area contributed by atoms with Crippen LogP contribution in [0, 0.1) is 0 Å². The summed E-state index contributed by atoms with van der Waals surface area (Å²) in [5.41, 5.74) is 5.66. The standard InChI is InChI=1S/C18H28N2/c1-2-4-6-9-13-17(14-10-7-5-3-1)19-20-18-15-11-8-12-16-18/h8,11-12,15-16,20H,1-7,9-10,13-14H2. The molecule has 0 radical (unpaired) electrons. The fraction of sp³-hybridized carbons (Fsp3) is 0.611. The van der Waals surface area contributed by atoms with E-state index in [1.54, 1.807) is 0 Å². The molecular weight excluding hydrogens is 244 g/mol. The number of hydrogen-bond donors (Lipinski definition) is 1. The second-order valence-corrected chi connectivity index (χ2v) is 5.84. The summed E-state index contributed by atoms with van der Waals surface area (Å²) in [7, 11) is 0. The van der Waals surface area contributed by atoms with Crippen LogP contribution in [-0.4, -0.2) is 5.71 Å². The molecule has 110 valence electrons. The number of rotatable bonds is 2. The first-order valence-electron chi connectivity index (χ1n) is 8.32. The highest BCUT2D eigenvalue weighted by Gasteiger charge is 2.03. The van der Waals surface area contributed by atoms with Gasteiger partial charge in [0.2, 0.25) is 0 Å². The maximum absolute atomic E-state index is 4.65. The lowest BCUT2D eigenvalue weighted by Crippen LogP contribution is -2.03. The summed E-state index contributed by atoms with van der Waals surface area (Å²) in [4.78, 5) is 0. The van der Waals surface area contributed by atoms with Crippen LogP contribution < -0.4 is 5.43 Å². The lowest BCUT2D eigenvalue weighted by atomic mass is 10.00. The zero-order valence-corrected chi connectivity index (χ0v) is 12.6. The first kappa shape index (κ1) is 15.1. The molecule has 2 heteroatoms. The van der Waals surface area contributed by atoms with Gasteiger partial charge < -0.3 is 0 Å². The lowest BCUT2D eigenvalue weighted by Gasteiger charge is -2.10. The number of hydrogen-bond acceptors (Lipinski definition) is 2. The Balaban J connectivity index is 1.84. The Morgan fingerprint density at radius 2 is 1.15 bits per heavy atom. The van der Waals surface area contributed by atoms with E-state index >= 15 is 0 Å². The molecule has 1 aliphatic rings. The molecule has 0 aromatic heterocycles. The molecule has 0 aliphatic heterocycles. The maximum atomic E-state index is 4.65. The van der Waals surface area contributed by atoms with E-state index in [1.807, 2.05) is 18.2 Å². The van der Waals surface area contributed by atoms with Crippen molar-refractivity contribution in [3.05, 3.63) is 30.3 Å². The summed E-state index contributed by atoms with van der Waals surface area (Å²) >= 11 is 0. The molecule has 0 amide bonds. The summed E-state index contributed by atoms with van der Waals surface area (Å²) in [6.07, 6.45) is 14.8. The first-order valence-corrected chi connectivity index (χ1v) is 8.32. The Bertz CT molecular complexity index is 370. The molecule has 2 rings (SSSR count). The molecular formula is C18H28N2. The SMILES string of the molecule is c1ccc(NN=C2CCCCCCCCCCC2)cc1. The van der Waals surface area contributed by atoms with Crippen molar-refractivity contribution < 1.29 is 0 Å². The van der Waals surface area contributed by atoms with Gasteiger partial charge in [-0.15, -0.1) is 0 Å². The molecule has 1 saturated carbocycles. The van der Waals surface area contributed by atoms with Gasteiger partial charge in [-0.05, 0) is 37.8 Å². The topological polar surface area (TPSA) is 24.4 Å². The minimum absolute atomic E-state index is 1.09. The van der Waals surface area contributed by atoms with Gasteiger partial charge in [0, 0.05) is 5.71 Å². The van der Waals surface area contributed by atoms with E-state index in [0.29, 0.717) is 0 Å². The molecule has 0 heterocycles. The van der Waals surface area contributed by atoms with Gasteiger partial charge in [0.05, 0.1) is 5.69 Å². The van der Waals surface area contributed by atoms with Gasteiger partial charge in [-0.25, -0.2) is 0 Å². The van der Waals surface area contributed by atoms with E-state index in [2.05, 4.69) is 22.7 Å². The number of benzene rings is 1. The van der Waals surface area contributed by atoms with Crippen LogP contribution in [0.3, 0.4) is 0 Å². The molecule has 0 spiro atoms. The third kappa shape index (κ3) is 6.23. The van der Waals surface area contributed by atoms with Crippen molar-refractivity contribution in [2.45, 2.75) is 70.6 Å². The van der Waals surface area contributed by atoms with Crippen molar-refractivity contribution in [3.63, 3.8) is 0 Å². The van der Waals surface area contributed by atoms with Gasteiger partial charge in [-0.2, -0.15) is 5.10 Å². The Kier molecular flexibility index (Phi) is 7.22. The van der Waals surface area contributed by atoms with Crippen molar-refractivity contribution in [1.29, 1.82) is 0 Å². The van der Waals surface area contributed by atoms with E-state index in [1.165, 1.54) is 76.3 Å². The third-order valence-electron chi connectivity index (χ3n) is 4.05. The Hall–Kier alpha value is -1.31. The fourth-order valence-electron chi connectivity index (χ4n) is 2.79. The normalized spacial score (nSPS) is 18.7. The quantitative estimate of drug-likeness (QED) is 0.680. The van der Waals surface area contributed by atoms with E-state index in [4.69, 9.17) is 0 Å². The summed E-state index contributed by atoms with van der Waals surface area (Å²) in [5.74, 6) is 0. The lowest BCUT2D eigenvalue weighted by molar-refractivity contribution is 0.555. The third-order valence-corrected chi connectivity index (χ3v) is 4.05. The molecule has 0 atom stereocenters. The summed E-state index contributed by atoms with van der Waals surface area (Å²) in [6, 6.07) is 10.3. The Morgan fingerprint density at radius 1 is 0.650 bits per heavy atom. The smallest absolute Gasteiger partial charge is 0.0561 e. The van der Waals surface area contributed by atoms with E-state index in [-0.39, 0.29) is 0 Å². The van der Waals surface area contributed by atoms with E-state index in [9.17, 15) is 0 Å². The van der Waals surface area contributed by atoms with Crippen molar-refractivity contribution in [2.75, 3.05) is 5.43 Å². The van der Waals surface area contributed by atoms with Gasteiger partial charge in [-0.1, -0.05) is 63.1 Å². The molecule has 1 fully saturated rings. The summed E-state index contributed by atoms with van der Waals surface area (Å²) < 4.78 is 0. The number of nitrogens with one attached hydrogen (secondary N) is 1. The average Bonchev–Trinajstić information content (AvgIpc) is 2.48. The van der Waals surface area contributed by atoms with Crippen LogP contribution in [0.1, 0.15) is 70.6 Å².